The van der Waals surface area contributed by atoms with Gasteiger partial charge in [0.25, 0.3) is 0 Å². The molecule has 0 radical (unpaired) electrons. The summed E-state index contributed by atoms with van der Waals surface area (Å²) < 4.78 is 27.4. The van der Waals surface area contributed by atoms with E-state index in [0.29, 0.717) is 12.8 Å². The summed E-state index contributed by atoms with van der Waals surface area (Å²) in [5, 5.41) is 7.49. The first-order valence-corrected chi connectivity index (χ1v) is 9.22. The van der Waals surface area contributed by atoms with E-state index in [1.807, 2.05) is 13.8 Å². The Morgan fingerprint density at radius 2 is 2.09 bits per heavy atom. The van der Waals surface area contributed by atoms with Crippen molar-refractivity contribution < 1.29 is 13.2 Å². The first-order chi connectivity index (χ1) is 10.2. The van der Waals surface area contributed by atoms with Gasteiger partial charge in [0.15, 0.2) is 11.0 Å². The van der Waals surface area contributed by atoms with Crippen molar-refractivity contribution in [3.8, 4) is 0 Å². The van der Waals surface area contributed by atoms with E-state index in [2.05, 4.69) is 14.9 Å². The second-order valence-electron chi connectivity index (χ2n) is 6.77. The predicted molar refractivity (Wildman–Crippen MR) is 83.0 cm³/mol. The first-order valence-electron chi connectivity index (χ1n) is 7.19. The van der Waals surface area contributed by atoms with Crippen LogP contribution in [0.2, 0.25) is 5.15 Å². The van der Waals surface area contributed by atoms with Crippen molar-refractivity contribution in [1.29, 1.82) is 0 Å². The number of anilines is 1. The van der Waals surface area contributed by atoms with Crippen LogP contribution in [0, 0.1) is 16.7 Å². The molecule has 0 spiro atoms. The lowest BCUT2D eigenvalue weighted by Crippen LogP contribution is -2.43. The number of aromatic nitrogens is 2. The summed E-state index contributed by atoms with van der Waals surface area (Å²) >= 11 is 5.63. The molecule has 0 aromatic carbocycles. The van der Waals surface area contributed by atoms with Gasteiger partial charge in [-0.3, -0.25) is 9.52 Å². The monoisotopic (exact) mass is 343 g/mol. The van der Waals surface area contributed by atoms with E-state index >= 15 is 0 Å². The molecule has 1 N–H and O–H groups in total. The number of hydrogen-bond donors (Lipinski definition) is 1. The number of halogens is 1. The second-order valence-corrected chi connectivity index (χ2v) is 8.88. The summed E-state index contributed by atoms with van der Waals surface area (Å²) in [5.74, 6) is 0.262. The highest BCUT2D eigenvalue weighted by Gasteiger charge is 2.65. The molecule has 3 rings (SSSR count). The average molecular weight is 344 g/mol. The minimum Gasteiger partial charge on any atom is -0.299 e. The number of fused-ring (bicyclic) bond motifs is 2. The Morgan fingerprint density at radius 3 is 2.59 bits per heavy atom. The fourth-order valence-corrected chi connectivity index (χ4v) is 5.92. The standard InChI is InChI=1S/C14H18ClN3O3S/c1-13(2)9-5-6-14(13,10(19)7-9)8-22(20,21)18-12-4-3-11(15)16-17-12/h3-4,9H,5-8H2,1-2H3,(H,17,18)/t9-,14?/m0/s1. The van der Waals surface area contributed by atoms with Gasteiger partial charge in [0.05, 0.1) is 11.2 Å². The van der Waals surface area contributed by atoms with Gasteiger partial charge in [0.2, 0.25) is 10.0 Å². The molecule has 6 nitrogen and oxygen atoms in total. The van der Waals surface area contributed by atoms with Crippen LogP contribution in [0.1, 0.15) is 33.1 Å². The quantitative estimate of drug-likeness (QED) is 0.905. The highest BCUT2D eigenvalue weighted by atomic mass is 35.5. The lowest BCUT2D eigenvalue weighted by atomic mass is 9.70. The number of ketones is 1. The van der Waals surface area contributed by atoms with Gasteiger partial charge in [-0.1, -0.05) is 25.4 Å². The molecule has 2 saturated carbocycles. The molecule has 2 bridgehead atoms. The SMILES string of the molecule is CC1(C)[C@H]2CCC1(CS(=O)(=O)Nc1ccc(Cl)nn1)C(=O)C2. The first kappa shape index (κ1) is 15.7. The van der Waals surface area contributed by atoms with Crippen LogP contribution in [0.15, 0.2) is 12.1 Å². The molecule has 1 heterocycles. The van der Waals surface area contributed by atoms with Crippen LogP contribution in [0.3, 0.4) is 0 Å². The highest BCUT2D eigenvalue weighted by molar-refractivity contribution is 7.92. The molecule has 0 amide bonds. The van der Waals surface area contributed by atoms with Crippen molar-refractivity contribution in [2.24, 2.45) is 16.7 Å². The summed E-state index contributed by atoms with van der Waals surface area (Å²) in [6.07, 6.45) is 2.04. The van der Waals surface area contributed by atoms with Gasteiger partial charge in [-0.05, 0) is 36.3 Å². The van der Waals surface area contributed by atoms with E-state index in [-0.39, 0.29) is 33.8 Å². The Labute approximate surface area is 134 Å². The minimum atomic E-state index is -3.70. The van der Waals surface area contributed by atoms with Crippen molar-refractivity contribution in [3.05, 3.63) is 17.3 Å². The number of sulfonamides is 1. The van der Waals surface area contributed by atoms with Crippen molar-refractivity contribution >= 4 is 33.2 Å². The summed E-state index contributed by atoms with van der Waals surface area (Å²) in [6.45, 7) is 4.01. The second kappa shape index (κ2) is 4.89. The van der Waals surface area contributed by atoms with Gasteiger partial charge in [0.1, 0.15) is 5.78 Å². The van der Waals surface area contributed by atoms with E-state index in [4.69, 9.17) is 11.6 Å². The normalized spacial score (nSPS) is 29.8. The van der Waals surface area contributed by atoms with E-state index < -0.39 is 15.4 Å². The smallest absolute Gasteiger partial charge is 0.234 e. The van der Waals surface area contributed by atoms with Gasteiger partial charge in [-0.2, -0.15) is 0 Å². The molecule has 1 unspecified atom stereocenters. The Hall–Kier alpha value is -1.21. The van der Waals surface area contributed by atoms with E-state index in [1.54, 1.807) is 0 Å². The van der Waals surface area contributed by atoms with Crippen LogP contribution >= 0.6 is 11.6 Å². The molecule has 8 heteroatoms. The summed E-state index contributed by atoms with van der Waals surface area (Å²) in [4.78, 5) is 12.4. The maximum atomic E-state index is 12.5. The molecule has 0 saturated heterocycles. The summed E-state index contributed by atoms with van der Waals surface area (Å²) in [5.41, 5.74) is -1.08. The van der Waals surface area contributed by atoms with Crippen LogP contribution in [-0.4, -0.2) is 30.2 Å². The topological polar surface area (TPSA) is 89.0 Å². The Bertz CT molecular complexity index is 717. The summed E-state index contributed by atoms with van der Waals surface area (Å²) in [6, 6.07) is 2.91. The fourth-order valence-electron chi connectivity index (χ4n) is 4.00. The zero-order valence-electron chi connectivity index (χ0n) is 12.5. The number of nitrogens with one attached hydrogen (secondary N) is 1. The number of hydrogen-bond acceptors (Lipinski definition) is 5. The van der Waals surface area contributed by atoms with E-state index in [1.165, 1.54) is 12.1 Å². The fraction of sp³-hybridized carbons (Fsp3) is 0.643. The number of nitrogens with zero attached hydrogens (tertiary/aromatic N) is 2. The minimum absolute atomic E-state index is 0.0707. The average Bonchev–Trinajstić information content (AvgIpc) is 2.74. The molecule has 2 aliphatic rings. The third kappa shape index (κ3) is 2.31. The van der Waals surface area contributed by atoms with Crippen molar-refractivity contribution in [2.75, 3.05) is 10.5 Å². The third-order valence-corrected chi connectivity index (χ3v) is 7.06. The van der Waals surface area contributed by atoms with E-state index in [9.17, 15) is 13.2 Å². The molecule has 120 valence electrons. The lowest BCUT2D eigenvalue weighted by molar-refractivity contribution is -0.128. The zero-order valence-corrected chi connectivity index (χ0v) is 14.0. The highest BCUT2D eigenvalue weighted by Crippen LogP contribution is 2.64. The zero-order chi connectivity index (χ0) is 16.2. The number of carbonyl (C=O) groups is 1. The van der Waals surface area contributed by atoms with Gasteiger partial charge in [-0.25, -0.2) is 8.42 Å². The Balaban J connectivity index is 1.85. The molecule has 0 aliphatic heterocycles. The molecule has 22 heavy (non-hydrogen) atoms. The van der Waals surface area contributed by atoms with Gasteiger partial charge in [-0.15, -0.1) is 10.2 Å². The summed E-state index contributed by atoms with van der Waals surface area (Å²) in [7, 11) is -3.70. The van der Waals surface area contributed by atoms with Crippen LogP contribution < -0.4 is 4.72 Å². The number of rotatable bonds is 4. The van der Waals surface area contributed by atoms with Gasteiger partial charge >= 0.3 is 0 Å². The van der Waals surface area contributed by atoms with Crippen molar-refractivity contribution in [2.45, 2.75) is 33.1 Å². The maximum Gasteiger partial charge on any atom is 0.234 e. The molecule has 2 aliphatic carbocycles. The van der Waals surface area contributed by atoms with Crippen LogP contribution in [-0.2, 0) is 14.8 Å². The molecular formula is C14H18ClN3O3S. The lowest BCUT2D eigenvalue weighted by Gasteiger charge is -2.36. The molecular weight excluding hydrogens is 326 g/mol. The van der Waals surface area contributed by atoms with Crippen molar-refractivity contribution in [1.82, 2.24) is 10.2 Å². The van der Waals surface area contributed by atoms with Gasteiger partial charge in [0, 0.05) is 6.42 Å². The molecule has 2 fully saturated rings. The molecule has 2 atom stereocenters. The van der Waals surface area contributed by atoms with Gasteiger partial charge < -0.3 is 0 Å². The molecule has 1 aromatic heterocycles. The Morgan fingerprint density at radius 1 is 1.36 bits per heavy atom. The van der Waals surface area contributed by atoms with E-state index in [0.717, 1.165) is 6.42 Å². The van der Waals surface area contributed by atoms with Crippen LogP contribution in [0.5, 0.6) is 0 Å². The van der Waals surface area contributed by atoms with Crippen molar-refractivity contribution in [3.63, 3.8) is 0 Å². The predicted octanol–water partition coefficient (Wildman–Crippen LogP) is 2.27. The third-order valence-electron chi connectivity index (χ3n) is 5.47. The van der Waals surface area contributed by atoms with Crippen LogP contribution in [0.25, 0.3) is 0 Å². The largest absolute Gasteiger partial charge is 0.299 e. The molecule has 1 aromatic rings. The van der Waals surface area contributed by atoms with Crippen LogP contribution in [0.4, 0.5) is 5.82 Å². The maximum absolute atomic E-state index is 12.5. The number of carbonyl (C=O) groups excluding carboxylic acids is 1. The Kier molecular flexibility index (Phi) is 3.49. The number of Topliss-reactive ketones (excluding diaryl/α,β-unsaturated/α-hetero) is 1.